The van der Waals surface area contributed by atoms with Crippen LogP contribution >= 0.6 is 0 Å². The molecule has 3 nitrogen and oxygen atoms in total. The number of likely N-dealkylation sites (tertiary alicyclic amines) is 1. The van der Waals surface area contributed by atoms with Gasteiger partial charge in [-0.1, -0.05) is 18.2 Å². The number of amides is 1. The van der Waals surface area contributed by atoms with Gasteiger partial charge in [0.25, 0.3) is 0 Å². The van der Waals surface area contributed by atoms with E-state index in [1.165, 1.54) is 6.42 Å². The number of nitrogens with zero attached hydrogens (tertiary/aromatic N) is 1. The molecular weight excluding hydrogens is 224 g/mol. The Morgan fingerprint density at radius 2 is 2.06 bits per heavy atom. The normalized spacial score (nSPS) is 20.1. The van der Waals surface area contributed by atoms with Crippen LogP contribution in [0, 0.1) is 13.8 Å². The van der Waals surface area contributed by atoms with E-state index in [0.29, 0.717) is 12.5 Å². The van der Waals surface area contributed by atoms with E-state index in [1.807, 2.05) is 32.0 Å². The van der Waals surface area contributed by atoms with Crippen LogP contribution in [0.2, 0.25) is 0 Å². The number of aryl methyl sites for hydroxylation is 2. The van der Waals surface area contributed by atoms with E-state index < -0.39 is 0 Å². The van der Waals surface area contributed by atoms with Crippen LogP contribution < -0.4 is 5.32 Å². The molecule has 3 heteroatoms. The van der Waals surface area contributed by atoms with Crippen molar-refractivity contribution in [3.05, 3.63) is 29.3 Å². The van der Waals surface area contributed by atoms with Gasteiger partial charge < -0.3 is 10.2 Å². The van der Waals surface area contributed by atoms with Gasteiger partial charge >= 0.3 is 0 Å². The monoisotopic (exact) mass is 246 g/mol. The van der Waals surface area contributed by atoms with Gasteiger partial charge in [-0.2, -0.15) is 0 Å². The summed E-state index contributed by atoms with van der Waals surface area (Å²) >= 11 is 0. The fourth-order valence-electron chi connectivity index (χ4n) is 2.65. The van der Waals surface area contributed by atoms with Crippen LogP contribution in [0.25, 0.3) is 0 Å². The van der Waals surface area contributed by atoms with E-state index >= 15 is 0 Å². The lowest BCUT2D eigenvalue weighted by Crippen LogP contribution is -2.29. The third kappa shape index (κ3) is 2.91. The van der Waals surface area contributed by atoms with Gasteiger partial charge in [-0.3, -0.25) is 4.79 Å². The van der Waals surface area contributed by atoms with Crippen molar-refractivity contribution in [1.82, 2.24) is 4.90 Å². The van der Waals surface area contributed by atoms with E-state index in [-0.39, 0.29) is 5.91 Å². The summed E-state index contributed by atoms with van der Waals surface area (Å²) in [5.41, 5.74) is 3.23. The molecule has 1 aliphatic rings. The molecule has 1 unspecified atom stereocenters. The summed E-state index contributed by atoms with van der Waals surface area (Å²) in [5, 5.41) is 3.06. The predicted molar refractivity (Wildman–Crippen MR) is 74.8 cm³/mol. The van der Waals surface area contributed by atoms with Gasteiger partial charge in [0.1, 0.15) is 0 Å². The SMILES string of the molecule is Cc1cccc(C)c1NC(=O)CC1CCCN1C. The maximum Gasteiger partial charge on any atom is 0.225 e. The summed E-state index contributed by atoms with van der Waals surface area (Å²) in [7, 11) is 2.10. The zero-order valence-corrected chi connectivity index (χ0v) is 11.5. The van der Waals surface area contributed by atoms with Crippen molar-refractivity contribution in [2.45, 2.75) is 39.2 Å². The minimum Gasteiger partial charge on any atom is -0.326 e. The Bertz CT molecular complexity index is 422. The smallest absolute Gasteiger partial charge is 0.225 e. The lowest BCUT2D eigenvalue weighted by Gasteiger charge is -2.19. The largest absolute Gasteiger partial charge is 0.326 e. The highest BCUT2D eigenvalue weighted by molar-refractivity contribution is 5.92. The first-order valence-electron chi connectivity index (χ1n) is 6.64. The molecule has 0 aromatic heterocycles. The first-order valence-corrected chi connectivity index (χ1v) is 6.64. The number of hydrogen-bond donors (Lipinski definition) is 1. The number of carbonyl (C=O) groups excluding carboxylic acids is 1. The maximum absolute atomic E-state index is 12.1. The molecule has 0 bridgehead atoms. The van der Waals surface area contributed by atoms with Crippen LogP contribution in [-0.2, 0) is 4.79 Å². The molecule has 1 heterocycles. The van der Waals surface area contributed by atoms with Crippen molar-refractivity contribution in [1.29, 1.82) is 0 Å². The number of carbonyl (C=O) groups is 1. The van der Waals surface area contributed by atoms with Gasteiger partial charge in [-0.15, -0.1) is 0 Å². The molecule has 0 saturated carbocycles. The summed E-state index contributed by atoms with van der Waals surface area (Å²) in [6.45, 7) is 5.18. The van der Waals surface area contributed by atoms with Gasteiger partial charge in [0.05, 0.1) is 0 Å². The van der Waals surface area contributed by atoms with Crippen LogP contribution in [0.5, 0.6) is 0 Å². The van der Waals surface area contributed by atoms with Crippen molar-refractivity contribution >= 4 is 11.6 Å². The Hall–Kier alpha value is -1.35. The van der Waals surface area contributed by atoms with Crippen LogP contribution in [0.3, 0.4) is 0 Å². The minimum atomic E-state index is 0.131. The molecule has 98 valence electrons. The van der Waals surface area contributed by atoms with Crippen LogP contribution in [0.4, 0.5) is 5.69 Å². The molecule has 1 aliphatic heterocycles. The topological polar surface area (TPSA) is 32.3 Å². The second-order valence-corrected chi connectivity index (χ2v) is 5.30. The average Bonchev–Trinajstić information content (AvgIpc) is 2.70. The van der Waals surface area contributed by atoms with Crippen molar-refractivity contribution in [3.8, 4) is 0 Å². The van der Waals surface area contributed by atoms with Crippen LogP contribution in [-0.4, -0.2) is 30.4 Å². The highest BCUT2D eigenvalue weighted by atomic mass is 16.1. The molecule has 1 aromatic carbocycles. The Labute approximate surface area is 109 Å². The van der Waals surface area contributed by atoms with Crippen molar-refractivity contribution in [2.24, 2.45) is 0 Å². The van der Waals surface area contributed by atoms with E-state index in [9.17, 15) is 4.79 Å². The first kappa shape index (κ1) is 13.1. The summed E-state index contributed by atoms with van der Waals surface area (Å²) in [6, 6.07) is 6.49. The third-order valence-electron chi connectivity index (χ3n) is 3.84. The third-order valence-corrected chi connectivity index (χ3v) is 3.84. The van der Waals surface area contributed by atoms with Crippen LogP contribution in [0.15, 0.2) is 18.2 Å². The maximum atomic E-state index is 12.1. The van der Waals surface area contributed by atoms with Gasteiger partial charge in [0.15, 0.2) is 0 Å². The molecule has 2 rings (SSSR count). The van der Waals surface area contributed by atoms with Gasteiger partial charge in [-0.25, -0.2) is 0 Å². The van der Waals surface area contributed by atoms with Crippen molar-refractivity contribution in [2.75, 3.05) is 18.9 Å². The quantitative estimate of drug-likeness (QED) is 0.889. The number of para-hydroxylation sites is 1. The second-order valence-electron chi connectivity index (χ2n) is 5.30. The van der Waals surface area contributed by atoms with Crippen molar-refractivity contribution < 1.29 is 4.79 Å². The molecule has 18 heavy (non-hydrogen) atoms. The highest BCUT2D eigenvalue weighted by Gasteiger charge is 2.23. The zero-order chi connectivity index (χ0) is 13.1. The summed E-state index contributed by atoms with van der Waals surface area (Å²) in [6.07, 6.45) is 2.94. The molecule has 1 N–H and O–H groups in total. The lowest BCUT2D eigenvalue weighted by molar-refractivity contribution is -0.117. The minimum absolute atomic E-state index is 0.131. The number of benzene rings is 1. The Morgan fingerprint density at radius 3 is 2.61 bits per heavy atom. The van der Waals surface area contributed by atoms with E-state index in [4.69, 9.17) is 0 Å². The summed E-state index contributed by atoms with van der Waals surface area (Å²) in [4.78, 5) is 14.4. The first-order chi connectivity index (χ1) is 8.58. The molecule has 1 atom stereocenters. The second kappa shape index (κ2) is 5.53. The average molecular weight is 246 g/mol. The van der Waals surface area contributed by atoms with E-state index in [0.717, 1.165) is 29.8 Å². The predicted octanol–water partition coefficient (Wildman–Crippen LogP) is 2.73. The standard InChI is InChI=1S/C15H22N2O/c1-11-6-4-7-12(2)15(11)16-14(18)10-13-8-5-9-17(13)3/h4,6-7,13H,5,8-10H2,1-3H3,(H,16,18). The summed E-state index contributed by atoms with van der Waals surface area (Å²) in [5.74, 6) is 0.131. The Morgan fingerprint density at radius 1 is 1.39 bits per heavy atom. The van der Waals surface area contributed by atoms with E-state index in [1.54, 1.807) is 0 Å². The van der Waals surface area contributed by atoms with Gasteiger partial charge in [0, 0.05) is 18.2 Å². The molecule has 1 aromatic rings. The molecular formula is C15H22N2O. The lowest BCUT2D eigenvalue weighted by atomic mass is 10.1. The fraction of sp³-hybridized carbons (Fsp3) is 0.533. The number of nitrogens with one attached hydrogen (secondary N) is 1. The molecule has 1 fully saturated rings. The number of rotatable bonds is 3. The Balaban J connectivity index is 1.99. The molecule has 0 aliphatic carbocycles. The number of anilines is 1. The van der Waals surface area contributed by atoms with Gasteiger partial charge in [-0.05, 0) is 51.4 Å². The van der Waals surface area contributed by atoms with Crippen molar-refractivity contribution in [3.63, 3.8) is 0 Å². The number of hydrogen-bond acceptors (Lipinski definition) is 2. The van der Waals surface area contributed by atoms with Crippen LogP contribution in [0.1, 0.15) is 30.4 Å². The summed E-state index contributed by atoms with van der Waals surface area (Å²) < 4.78 is 0. The Kier molecular flexibility index (Phi) is 4.02. The van der Waals surface area contributed by atoms with E-state index in [2.05, 4.69) is 17.3 Å². The molecule has 0 radical (unpaired) electrons. The highest BCUT2D eigenvalue weighted by Crippen LogP contribution is 2.22. The fourth-order valence-corrected chi connectivity index (χ4v) is 2.65. The molecule has 1 amide bonds. The zero-order valence-electron chi connectivity index (χ0n) is 11.5. The molecule has 0 spiro atoms. The molecule has 1 saturated heterocycles. The van der Waals surface area contributed by atoms with Gasteiger partial charge in [0.2, 0.25) is 5.91 Å².